The van der Waals surface area contributed by atoms with Crippen LogP contribution in [0.15, 0.2) is 24.3 Å². The van der Waals surface area contributed by atoms with E-state index < -0.39 is 6.10 Å². The lowest BCUT2D eigenvalue weighted by Gasteiger charge is -2.18. The van der Waals surface area contributed by atoms with Crippen LogP contribution in [-0.4, -0.2) is 18.1 Å². The van der Waals surface area contributed by atoms with Crippen LogP contribution in [0.5, 0.6) is 5.75 Å². The predicted molar refractivity (Wildman–Crippen MR) is 73.8 cm³/mol. The third-order valence-corrected chi connectivity index (χ3v) is 2.79. The first kappa shape index (κ1) is 15.0. The van der Waals surface area contributed by atoms with Gasteiger partial charge in [-0.25, -0.2) is 0 Å². The van der Waals surface area contributed by atoms with Crippen LogP contribution in [0.25, 0.3) is 0 Å². The molecule has 2 atom stereocenters. The number of ether oxygens (including phenoxy) is 1. The van der Waals surface area contributed by atoms with E-state index in [1.54, 1.807) is 31.2 Å². The second-order valence-electron chi connectivity index (χ2n) is 4.57. The lowest BCUT2D eigenvalue weighted by Crippen LogP contribution is -2.41. The van der Waals surface area contributed by atoms with Gasteiger partial charge in [0.15, 0.2) is 6.10 Å². The van der Waals surface area contributed by atoms with E-state index in [9.17, 15) is 4.79 Å². The molecule has 1 aromatic carbocycles. The van der Waals surface area contributed by atoms with Crippen molar-refractivity contribution in [3.8, 4) is 11.8 Å². The molecule has 4 nitrogen and oxygen atoms in total. The van der Waals surface area contributed by atoms with Crippen LogP contribution in [0.2, 0.25) is 0 Å². The Labute approximate surface area is 114 Å². The van der Waals surface area contributed by atoms with Crippen molar-refractivity contribution in [2.24, 2.45) is 0 Å². The number of para-hydroxylation sites is 1. The smallest absolute Gasteiger partial charge is 0.260 e. The van der Waals surface area contributed by atoms with E-state index in [1.807, 2.05) is 13.0 Å². The summed E-state index contributed by atoms with van der Waals surface area (Å²) < 4.78 is 5.54. The van der Waals surface area contributed by atoms with Crippen molar-refractivity contribution < 1.29 is 9.53 Å². The van der Waals surface area contributed by atoms with Crippen molar-refractivity contribution >= 4 is 5.91 Å². The topological polar surface area (TPSA) is 62.1 Å². The van der Waals surface area contributed by atoms with Crippen LogP contribution in [0, 0.1) is 11.3 Å². The third-order valence-electron chi connectivity index (χ3n) is 2.79. The Morgan fingerprint density at radius 2 is 2.11 bits per heavy atom. The molecule has 0 radical (unpaired) electrons. The minimum Gasteiger partial charge on any atom is -0.480 e. The summed E-state index contributed by atoms with van der Waals surface area (Å²) in [5, 5.41) is 11.8. The molecule has 0 saturated carbocycles. The summed E-state index contributed by atoms with van der Waals surface area (Å²) in [6.45, 7) is 5.73. The molecule has 1 amide bonds. The van der Waals surface area contributed by atoms with Crippen LogP contribution < -0.4 is 10.1 Å². The van der Waals surface area contributed by atoms with Crippen molar-refractivity contribution in [2.45, 2.75) is 45.8 Å². The maximum absolute atomic E-state index is 11.9. The fraction of sp³-hybridized carbons (Fsp3) is 0.467. The Hall–Kier alpha value is -2.02. The molecule has 1 N–H and O–H groups in total. The van der Waals surface area contributed by atoms with Crippen LogP contribution >= 0.6 is 0 Å². The predicted octanol–water partition coefficient (Wildman–Crippen LogP) is 2.63. The van der Waals surface area contributed by atoms with Gasteiger partial charge in [-0.1, -0.05) is 25.5 Å². The van der Waals surface area contributed by atoms with Gasteiger partial charge in [0.25, 0.3) is 5.91 Å². The number of nitrogens with one attached hydrogen (secondary N) is 1. The first-order valence-electron chi connectivity index (χ1n) is 6.54. The molecule has 102 valence electrons. The number of amides is 1. The van der Waals surface area contributed by atoms with Crippen LogP contribution in [-0.2, 0) is 4.79 Å². The van der Waals surface area contributed by atoms with E-state index in [4.69, 9.17) is 10.00 Å². The number of carbonyl (C=O) groups excluding carboxylic acids is 1. The van der Waals surface area contributed by atoms with Crippen molar-refractivity contribution in [3.05, 3.63) is 29.8 Å². The molecule has 0 bridgehead atoms. The van der Waals surface area contributed by atoms with E-state index in [0.717, 1.165) is 12.8 Å². The molecule has 0 saturated heterocycles. The van der Waals surface area contributed by atoms with Crippen LogP contribution in [0.1, 0.15) is 39.2 Å². The van der Waals surface area contributed by atoms with E-state index in [2.05, 4.69) is 12.2 Å². The zero-order chi connectivity index (χ0) is 14.3. The number of hydrogen-bond donors (Lipinski definition) is 1. The Morgan fingerprint density at radius 1 is 1.42 bits per heavy atom. The summed E-state index contributed by atoms with van der Waals surface area (Å²) >= 11 is 0. The Kier molecular flexibility index (Phi) is 5.87. The van der Waals surface area contributed by atoms with Gasteiger partial charge in [-0.2, -0.15) is 5.26 Å². The first-order chi connectivity index (χ1) is 9.08. The fourth-order valence-electron chi connectivity index (χ4n) is 1.77. The fourth-order valence-corrected chi connectivity index (χ4v) is 1.77. The first-order valence-corrected chi connectivity index (χ1v) is 6.54. The molecule has 0 heterocycles. The van der Waals surface area contributed by atoms with Gasteiger partial charge in [0.1, 0.15) is 11.8 Å². The summed E-state index contributed by atoms with van der Waals surface area (Å²) in [5.41, 5.74) is 0.434. The second kappa shape index (κ2) is 7.42. The van der Waals surface area contributed by atoms with E-state index >= 15 is 0 Å². The summed E-state index contributed by atoms with van der Waals surface area (Å²) in [7, 11) is 0. The highest BCUT2D eigenvalue weighted by molar-refractivity contribution is 5.81. The van der Waals surface area contributed by atoms with Gasteiger partial charge in [-0.05, 0) is 32.4 Å². The lowest BCUT2D eigenvalue weighted by molar-refractivity contribution is -0.127. The minimum atomic E-state index is -0.617. The molecule has 1 rings (SSSR count). The quantitative estimate of drug-likeness (QED) is 0.855. The molecule has 0 aliphatic carbocycles. The SMILES string of the molecule is CCCC(C)NC(=O)C(C)Oc1ccccc1C#N. The average molecular weight is 260 g/mol. The second-order valence-corrected chi connectivity index (χ2v) is 4.57. The molecule has 0 spiro atoms. The van der Waals surface area contributed by atoms with Crippen molar-refractivity contribution in [3.63, 3.8) is 0 Å². The summed E-state index contributed by atoms with van der Waals surface area (Å²) in [6.07, 6.45) is 1.34. The number of rotatable bonds is 6. The summed E-state index contributed by atoms with van der Waals surface area (Å²) in [6, 6.07) is 9.08. The van der Waals surface area contributed by atoms with Gasteiger partial charge in [-0.15, -0.1) is 0 Å². The molecular formula is C15H20N2O2. The van der Waals surface area contributed by atoms with Crippen molar-refractivity contribution in [1.29, 1.82) is 5.26 Å². The molecule has 2 unspecified atom stereocenters. The molecule has 0 fully saturated rings. The molecule has 0 aliphatic heterocycles. The van der Waals surface area contributed by atoms with E-state index in [1.165, 1.54) is 0 Å². The zero-order valence-electron chi connectivity index (χ0n) is 11.6. The Balaban J connectivity index is 2.62. The highest BCUT2D eigenvalue weighted by Crippen LogP contribution is 2.18. The van der Waals surface area contributed by atoms with Gasteiger partial charge >= 0.3 is 0 Å². The highest BCUT2D eigenvalue weighted by atomic mass is 16.5. The molecule has 0 aromatic heterocycles. The minimum absolute atomic E-state index is 0.134. The number of nitriles is 1. The van der Waals surface area contributed by atoms with Gasteiger partial charge < -0.3 is 10.1 Å². The van der Waals surface area contributed by atoms with E-state index in [0.29, 0.717) is 11.3 Å². The Bertz CT molecular complexity index is 465. The zero-order valence-corrected chi connectivity index (χ0v) is 11.6. The van der Waals surface area contributed by atoms with Gasteiger partial charge in [-0.3, -0.25) is 4.79 Å². The number of hydrogen-bond acceptors (Lipinski definition) is 3. The van der Waals surface area contributed by atoms with Gasteiger partial charge in [0.05, 0.1) is 5.56 Å². The van der Waals surface area contributed by atoms with E-state index in [-0.39, 0.29) is 11.9 Å². The summed E-state index contributed by atoms with van der Waals surface area (Å²) in [4.78, 5) is 11.9. The standard InChI is InChI=1S/C15H20N2O2/c1-4-7-11(2)17-15(18)12(3)19-14-9-6-5-8-13(14)10-16/h5-6,8-9,11-12H,4,7H2,1-3H3,(H,17,18). The lowest BCUT2D eigenvalue weighted by atomic mass is 10.2. The average Bonchev–Trinajstić information content (AvgIpc) is 2.39. The number of carbonyl (C=O) groups is 1. The van der Waals surface area contributed by atoms with Gasteiger partial charge in [0, 0.05) is 6.04 Å². The maximum atomic E-state index is 11.9. The molecular weight excluding hydrogens is 240 g/mol. The normalized spacial score (nSPS) is 13.2. The molecule has 19 heavy (non-hydrogen) atoms. The molecule has 0 aliphatic rings. The highest BCUT2D eigenvalue weighted by Gasteiger charge is 2.17. The largest absolute Gasteiger partial charge is 0.480 e. The van der Waals surface area contributed by atoms with Crippen LogP contribution in [0.3, 0.4) is 0 Å². The van der Waals surface area contributed by atoms with Gasteiger partial charge in [0.2, 0.25) is 0 Å². The van der Waals surface area contributed by atoms with Crippen LogP contribution in [0.4, 0.5) is 0 Å². The summed E-state index contributed by atoms with van der Waals surface area (Å²) in [5.74, 6) is 0.282. The Morgan fingerprint density at radius 3 is 2.74 bits per heavy atom. The maximum Gasteiger partial charge on any atom is 0.260 e. The molecule has 1 aromatic rings. The van der Waals surface area contributed by atoms with Crippen molar-refractivity contribution in [1.82, 2.24) is 5.32 Å². The third kappa shape index (κ3) is 4.63. The number of nitrogens with zero attached hydrogens (tertiary/aromatic N) is 1. The van der Waals surface area contributed by atoms with Crippen molar-refractivity contribution in [2.75, 3.05) is 0 Å². The molecule has 4 heteroatoms. The number of benzene rings is 1. The monoisotopic (exact) mass is 260 g/mol.